The lowest BCUT2D eigenvalue weighted by atomic mass is 9.74. The molecule has 0 radical (unpaired) electrons. The summed E-state index contributed by atoms with van der Waals surface area (Å²) in [6, 6.07) is 10.2. The first-order valence-electron chi connectivity index (χ1n) is 17.5. The smallest absolute Gasteiger partial charge is 0.261 e. The molecule has 2 aliphatic rings. The molecule has 3 aromatic heterocycles. The van der Waals surface area contributed by atoms with Gasteiger partial charge in [0.2, 0.25) is 0 Å². The summed E-state index contributed by atoms with van der Waals surface area (Å²) in [4.78, 5) is 18.5. The lowest BCUT2D eigenvalue weighted by Gasteiger charge is -2.28. The number of hydrogen-bond acceptors (Lipinski definition) is 4. The summed E-state index contributed by atoms with van der Waals surface area (Å²) in [6.45, 7) is 17.5. The largest absolute Gasteiger partial charge is 0.355 e. The van der Waals surface area contributed by atoms with Gasteiger partial charge in [0.1, 0.15) is 0 Å². The summed E-state index contributed by atoms with van der Waals surface area (Å²) in [7, 11) is 2.10. The number of rotatable bonds is 9. The third-order valence-electron chi connectivity index (χ3n) is 10.8. The van der Waals surface area contributed by atoms with Crippen molar-refractivity contribution in [2.75, 3.05) is 0 Å². The summed E-state index contributed by atoms with van der Waals surface area (Å²) in [5, 5.41) is 0.734. The van der Waals surface area contributed by atoms with Gasteiger partial charge >= 0.3 is 0 Å². The van der Waals surface area contributed by atoms with E-state index < -0.39 is 14.5 Å². The Morgan fingerprint density at radius 1 is 0.638 bits per heavy atom. The Morgan fingerprint density at radius 2 is 1.15 bits per heavy atom. The highest BCUT2D eigenvalue weighted by Crippen LogP contribution is 2.48. The van der Waals surface area contributed by atoms with Gasteiger partial charge in [0.25, 0.3) is 9.05 Å². The zero-order valence-corrected chi connectivity index (χ0v) is 30.6. The Labute approximate surface area is 283 Å². The first-order chi connectivity index (χ1) is 22.5. The zero-order chi connectivity index (χ0) is 33.8. The number of allylic oxidation sites excluding steroid dienone is 2. The molecule has 248 valence electrons. The van der Waals surface area contributed by atoms with Crippen molar-refractivity contribution in [1.29, 1.82) is 0 Å². The molecule has 4 aromatic rings. The van der Waals surface area contributed by atoms with Crippen LogP contribution in [-0.2, 0) is 40.1 Å². The number of nitrogens with one attached hydrogen (secondary N) is 2. The molecule has 0 atom stereocenters. The molecule has 0 amide bonds. The van der Waals surface area contributed by atoms with Crippen LogP contribution in [0.4, 0.5) is 0 Å². The van der Waals surface area contributed by atoms with E-state index in [-0.39, 0.29) is 4.90 Å². The molecule has 1 aromatic carbocycles. The Balaban J connectivity index is 1.96. The molecule has 0 saturated carbocycles. The molecular weight excluding hydrogens is 624 g/mol. The van der Waals surface area contributed by atoms with Gasteiger partial charge in [-0.2, -0.15) is 0 Å². The summed E-state index contributed by atoms with van der Waals surface area (Å²) in [5.74, 6) is 0. The molecule has 8 bridgehead atoms. The van der Waals surface area contributed by atoms with Gasteiger partial charge in [0.05, 0.1) is 27.5 Å². The molecule has 2 N–H and O–H groups in total. The van der Waals surface area contributed by atoms with Gasteiger partial charge in [-0.25, -0.2) is 13.4 Å². The monoisotopic (exact) mass is 670 g/mol. The molecule has 8 heteroatoms. The molecular formula is C39H47ClN4O2S. The molecule has 0 unspecified atom stereocenters. The SMILES string of the molecule is CCC1=C(CC)c2nc1cc1[nH]c(cc3[nH]c(cc4nc5c(cc(S(=O)(=O)Cl)cc25)C4(CC)CC)c(CC)c3CC)c(CC)c1CC. The second-order valence-corrected chi connectivity index (χ2v) is 15.3. The van der Waals surface area contributed by atoms with Crippen LogP contribution >= 0.6 is 10.7 Å². The van der Waals surface area contributed by atoms with Crippen LogP contribution in [-0.4, -0.2) is 28.4 Å². The van der Waals surface area contributed by atoms with E-state index in [1.807, 2.05) is 0 Å². The number of aromatic nitrogens is 4. The number of benzene rings is 1. The normalized spacial score (nSPS) is 14.6. The van der Waals surface area contributed by atoms with Gasteiger partial charge in [0.15, 0.2) is 0 Å². The number of nitrogens with zero attached hydrogens (tertiary/aromatic N) is 2. The fourth-order valence-corrected chi connectivity index (χ4v) is 9.17. The van der Waals surface area contributed by atoms with Crippen molar-refractivity contribution in [3.63, 3.8) is 0 Å². The van der Waals surface area contributed by atoms with Gasteiger partial charge in [-0.3, -0.25) is 4.98 Å². The third-order valence-corrected chi connectivity index (χ3v) is 12.1. The zero-order valence-electron chi connectivity index (χ0n) is 29.0. The minimum atomic E-state index is -4.03. The van der Waals surface area contributed by atoms with Crippen molar-refractivity contribution in [2.24, 2.45) is 0 Å². The van der Waals surface area contributed by atoms with E-state index in [0.717, 1.165) is 113 Å². The number of halogens is 1. The highest BCUT2D eigenvalue weighted by molar-refractivity contribution is 8.13. The first-order valence-corrected chi connectivity index (χ1v) is 19.8. The van der Waals surface area contributed by atoms with Crippen molar-refractivity contribution >= 4 is 63.8 Å². The maximum Gasteiger partial charge on any atom is 0.261 e. The minimum Gasteiger partial charge on any atom is -0.355 e. The number of aromatic amines is 2. The molecule has 47 heavy (non-hydrogen) atoms. The van der Waals surface area contributed by atoms with Crippen LogP contribution in [0.25, 0.3) is 44.1 Å². The summed E-state index contributed by atoms with van der Waals surface area (Å²) < 4.78 is 26.1. The van der Waals surface area contributed by atoms with E-state index in [1.54, 1.807) is 12.1 Å². The molecule has 0 aliphatic carbocycles. The molecule has 6 rings (SSSR count). The van der Waals surface area contributed by atoms with Gasteiger partial charge in [-0.15, -0.1) is 0 Å². The highest BCUT2D eigenvalue weighted by Gasteiger charge is 2.40. The standard InChI is InChI=1S/C39H47ClN4O2S/c1-9-23-24(10-2)33-20-34-27(13-5)28(14-6)37(43-34)29-17-22(47(40,45)46)18-30-38(29)44-36(39(30,15-7)16-8)21-35-26(12-4)25(11-3)32(42-35)19-31(23)41-33/h17-21,41-42H,9-16H2,1-8H3. The van der Waals surface area contributed by atoms with E-state index in [0.29, 0.717) is 0 Å². The van der Waals surface area contributed by atoms with E-state index in [9.17, 15) is 8.42 Å². The average Bonchev–Trinajstić information content (AvgIpc) is 3.77. The topological polar surface area (TPSA) is 91.5 Å². The Morgan fingerprint density at radius 3 is 1.62 bits per heavy atom. The van der Waals surface area contributed by atoms with E-state index >= 15 is 0 Å². The summed E-state index contributed by atoms with van der Waals surface area (Å²) in [6.07, 6.45) is 6.69. The second-order valence-electron chi connectivity index (χ2n) is 12.8. The van der Waals surface area contributed by atoms with Gasteiger partial charge in [0, 0.05) is 43.6 Å². The Bertz CT molecular complexity index is 2220. The molecule has 6 nitrogen and oxygen atoms in total. The predicted octanol–water partition coefficient (Wildman–Crippen LogP) is 10.5. The Hall–Kier alpha value is -3.42. The number of fused-ring (bicyclic) bond motifs is 8. The predicted molar refractivity (Wildman–Crippen MR) is 198 cm³/mol. The van der Waals surface area contributed by atoms with Gasteiger partial charge in [-0.1, -0.05) is 55.4 Å². The van der Waals surface area contributed by atoms with Crippen LogP contribution in [0.15, 0.2) is 35.2 Å². The van der Waals surface area contributed by atoms with Crippen molar-refractivity contribution < 1.29 is 8.42 Å². The van der Waals surface area contributed by atoms with E-state index in [2.05, 4.69) is 83.6 Å². The summed E-state index contributed by atoms with van der Waals surface area (Å²) in [5.41, 5.74) is 15.8. The maximum atomic E-state index is 13.0. The molecule has 0 saturated heterocycles. The van der Waals surface area contributed by atoms with Crippen LogP contribution in [0.2, 0.25) is 0 Å². The highest BCUT2D eigenvalue weighted by atomic mass is 35.7. The number of hydrogen-bond donors (Lipinski definition) is 2. The van der Waals surface area contributed by atoms with E-state index in [1.165, 1.54) is 27.8 Å². The lowest BCUT2D eigenvalue weighted by Crippen LogP contribution is -2.23. The quantitative estimate of drug-likeness (QED) is 0.173. The van der Waals surface area contributed by atoms with Crippen LogP contribution in [0.3, 0.4) is 0 Å². The van der Waals surface area contributed by atoms with Crippen LogP contribution in [0, 0.1) is 0 Å². The maximum absolute atomic E-state index is 13.0. The second kappa shape index (κ2) is 12.6. The molecule has 0 fully saturated rings. The third kappa shape index (κ3) is 5.16. The van der Waals surface area contributed by atoms with Crippen LogP contribution < -0.4 is 0 Å². The minimum absolute atomic E-state index is 0.0938. The number of aryl methyl sites for hydroxylation is 4. The molecule has 5 heterocycles. The molecule has 2 aliphatic heterocycles. The van der Waals surface area contributed by atoms with Crippen molar-refractivity contribution in [3.05, 3.63) is 75.2 Å². The Kier molecular flexibility index (Phi) is 8.94. The fourth-order valence-electron chi connectivity index (χ4n) is 8.38. The van der Waals surface area contributed by atoms with Gasteiger partial charge < -0.3 is 9.97 Å². The van der Waals surface area contributed by atoms with E-state index in [4.69, 9.17) is 20.7 Å². The molecule has 0 spiro atoms. The number of H-pyrrole nitrogens is 2. The average molecular weight is 671 g/mol. The van der Waals surface area contributed by atoms with Crippen molar-refractivity contribution in [2.45, 2.75) is 117 Å². The first kappa shape index (κ1) is 33.5. The van der Waals surface area contributed by atoms with Crippen molar-refractivity contribution in [1.82, 2.24) is 19.9 Å². The van der Waals surface area contributed by atoms with Crippen LogP contribution in [0.5, 0.6) is 0 Å². The lowest BCUT2D eigenvalue weighted by molar-refractivity contribution is 0.481. The van der Waals surface area contributed by atoms with Crippen molar-refractivity contribution in [3.8, 4) is 0 Å². The fraction of sp³-hybridized carbons (Fsp3) is 0.436. The summed E-state index contributed by atoms with van der Waals surface area (Å²) >= 11 is 0. The van der Waals surface area contributed by atoms with Crippen LogP contribution in [0.1, 0.15) is 126 Å². The van der Waals surface area contributed by atoms with Gasteiger partial charge in [-0.05, 0) is 121 Å².